The molecule has 2 N–H and O–H groups in total. The lowest BCUT2D eigenvalue weighted by Crippen LogP contribution is -2.20. The first-order valence-electron chi connectivity index (χ1n) is 6.61. The number of hydrogen-bond acceptors (Lipinski definition) is 3. The molecule has 7 heteroatoms. The zero-order valence-electron chi connectivity index (χ0n) is 11.5. The molecule has 0 saturated carbocycles. The van der Waals surface area contributed by atoms with Crippen molar-refractivity contribution >= 4 is 38.3 Å². The lowest BCUT2D eigenvalue weighted by Gasteiger charge is -2.10. The van der Waals surface area contributed by atoms with E-state index in [1.54, 1.807) is 0 Å². The predicted octanol–water partition coefficient (Wildman–Crippen LogP) is 2.95. The third kappa shape index (κ3) is 6.85. The molecule has 0 aliphatic rings. The molecule has 0 aromatic heterocycles. The van der Waals surface area contributed by atoms with Crippen LogP contribution in [0.2, 0.25) is 0 Å². The van der Waals surface area contributed by atoms with E-state index < -0.39 is 10.0 Å². The molecule has 0 aliphatic heterocycles. The van der Waals surface area contributed by atoms with Gasteiger partial charge < -0.3 is 5.32 Å². The van der Waals surface area contributed by atoms with Gasteiger partial charge in [0.15, 0.2) is 0 Å². The van der Waals surface area contributed by atoms with E-state index in [2.05, 4.69) is 17.0 Å². The van der Waals surface area contributed by atoms with Gasteiger partial charge in [0.2, 0.25) is 10.0 Å². The third-order valence-corrected chi connectivity index (χ3v) is 4.89. The highest BCUT2D eigenvalue weighted by Crippen LogP contribution is 2.20. The van der Waals surface area contributed by atoms with Gasteiger partial charge in [0, 0.05) is 3.57 Å². The second-order valence-corrected chi connectivity index (χ2v) is 7.51. The van der Waals surface area contributed by atoms with E-state index in [-0.39, 0.29) is 11.6 Å². The Morgan fingerprint density at radius 2 is 2.00 bits per heavy atom. The van der Waals surface area contributed by atoms with Crippen molar-refractivity contribution in [1.29, 1.82) is 0 Å². The SMILES string of the molecule is CCCNCCCCS(=O)(=O)Nc1ccc(F)cc1I. The molecular formula is C13H20FIN2O2S. The van der Waals surface area contributed by atoms with Crippen molar-refractivity contribution in [1.82, 2.24) is 5.32 Å². The average Bonchev–Trinajstić information content (AvgIpc) is 2.37. The molecule has 0 unspecified atom stereocenters. The van der Waals surface area contributed by atoms with Gasteiger partial charge >= 0.3 is 0 Å². The molecule has 0 atom stereocenters. The third-order valence-electron chi connectivity index (χ3n) is 2.64. The van der Waals surface area contributed by atoms with Crippen LogP contribution in [0.5, 0.6) is 0 Å². The first kappa shape index (κ1) is 17.6. The van der Waals surface area contributed by atoms with Crippen LogP contribution in [0.3, 0.4) is 0 Å². The van der Waals surface area contributed by atoms with E-state index in [0.717, 1.165) is 25.9 Å². The molecular weight excluding hydrogens is 394 g/mol. The van der Waals surface area contributed by atoms with Crippen LogP contribution in [0, 0.1) is 9.39 Å². The molecule has 1 rings (SSSR count). The van der Waals surface area contributed by atoms with Crippen LogP contribution < -0.4 is 10.0 Å². The van der Waals surface area contributed by atoms with Crippen LogP contribution in [0.4, 0.5) is 10.1 Å². The van der Waals surface area contributed by atoms with E-state index in [1.807, 2.05) is 22.6 Å². The summed E-state index contributed by atoms with van der Waals surface area (Å²) in [5.74, 6) is -0.298. The van der Waals surface area contributed by atoms with Crippen molar-refractivity contribution < 1.29 is 12.8 Å². The van der Waals surface area contributed by atoms with Gasteiger partial charge in [-0.2, -0.15) is 0 Å². The fourth-order valence-electron chi connectivity index (χ4n) is 1.63. The Labute approximate surface area is 133 Å². The summed E-state index contributed by atoms with van der Waals surface area (Å²) < 4.78 is 39.8. The molecule has 0 aliphatic carbocycles. The van der Waals surface area contributed by atoms with Gasteiger partial charge in [-0.1, -0.05) is 6.92 Å². The number of nitrogens with one attached hydrogen (secondary N) is 2. The summed E-state index contributed by atoms with van der Waals surface area (Å²) in [6.07, 6.45) is 2.49. The van der Waals surface area contributed by atoms with Crippen LogP contribution in [0.15, 0.2) is 18.2 Å². The molecule has 4 nitrogen and oxygen atoms in total. The van der Waals surface area contributed by atoms with Crippen molar-refractivity contribution in [3.63, 3.8) is 0 Å². The van der Waals surface area contributed by atoms with Gasteiger partial charge in [-0.25, -0.2) is 12.8 Å². The Hall–Kier alpha value is -0.410. The van der Waals surface area contributed by atoms with E-state index >= 15 is 0 Å². The second kappa shape index (κ2) is 8.78. The number of benzene rings is 1. The van der Waals surface area contributed by atoms with Gasteiger partial charge in [-0.15, -0.1) is 0 Å². The summed E-state index contributed by atoms with van der Waals surface area (Å²) in [6, 6.07) is 3.99. The summed E-state index contributed by atoms with van der Waals surface area (Å²) in [4.78, 5) is 0. The Kier molecular flexibility index (Phi) is 7.75. The largest absolute Gasteiger partial charge is 0.317 e. The molecule has 20 heavy (non-hydrogen) atoms. The van der Waals surface area contributed by atoms with E-state index in [0.29, 0.717) is 15.7 Å². The Balaban J connectivity index is 2.41. The number of anilines is 1. The highest BCUT2D eigenvalue weighted by atomic mass is 127. The fourth-order valence-corrected chi connectivity index (χ4v) is 3.63. The Morgan fingerprint density at radius 1 is 1.25 bits per heavy atom. The maximum absolute atomic E-state index is 12.9. The molecule has 0 fully saturated rings. The van der Waals surface area contributed by atoms with E-state index in [1.165, 1.54) is 18.2 Å². The number of rotatable bonds is 9. The monoisotopic (exact) mass is 414 g/mol. The smallest absolute Gasteiger partial charge is 0.232 e. The number of hydrogen-bond donors (Lipinski definition) is 2. The van der Waals surface area contributed by atoms with Crippen molar-refractivity contribution in [2.45, 2.75) is 26.2 Å². The standard InChI is InChI=1S/C13H20FIN2O2S/c1-2-7-16-8-3-4-9-20(18,19)17-13-6-5-11(14)10-12(13)15/h5-6,10,16-17H,2-4,7-9H2,1H3. The molecule has 0 heterocycles. The van der Waals surface area contributed by atoms with Gasteiger partial charge in [-0.3, -0.25) is 4.72 Å². The quantitative estimate of drug-likeness (QED) is 0.483. The zero-order valence-corrected chi connectivity index (χ0v) is 14.4. The fraction of sp³-hybridized carbons (Fsp3) is 0.538. The minimum absolute atomic E-state index is 0.0776. The van der Waals surface area contributed by atoms with Crippen LogP contribution in [0.25, 0.3) is 0 Å². The van der Waals surface area contributed by atoms with Gasteiger partial charge in [0.05, 0.1) is 11.4 Å². The van der Waals surface area contributed by atoms with Crippen molar-refractivity contribution in [2.75, 3.05) is 23.6 Å². The van der Waals surface area contributed by atoms with Crippen molar-refractivity contribution in [3.8, 4) is 0 Å². The average molecular weight is 414 g/mol. The Bertz CT molecular complexity index is 523. The molecule has 0 amide bonds. The minimum Gasteiger partial charge on any atom is -0.317 e. The van der Waals surface area contributed by atoms with Crippen LogP contribution in [-0.2, 0) is 10.0 Å². The Morgan fingerprint density at radius 3 is 2.65 bits per heavy atom. The first-order chi connectivity index (χ1) is 9.44. The predicted molar refractivity (Wildman–Crippen MR) is 88.9 cm³/mol. The first-order valence-corrected chi connectivity index (χ1v) is 9.34. The molecule has 1 aromatic carbocycles. The highest BCUT2D eigenvalue weighted by Gasteiger charge is 2.12. The lowest BCUT2D eigenvalue weighted by atomic mass is 10.3. The number of unbranched alkanes of at least 4 members (excludes halogenated alkanes) is 1. The zero-order chi connectivity index (χ0) is 15.0. The van der Waals surface area contributed by atoms with E-state index in [4.69, 9.17) is 0 Å². The second-order valence-electron chi connectivity index (χ2n) is 4.50. The molecule has 0 spiro atoms. The minimum atomic E-state index is -3.37. The van der Waals surface area contributed by atoms with Crippen molar-refractivity contribution in [3.05, 3.63) is 27.6 Å². The van der Waals surface area contributed by atoms with Gasteiger partial charge in [0.1, 0.15) is 5.82 Å². The molecule has 114 valence electrons. The summed E-state index contributed by atoms with van der Waals surface area (Å²) in [7, 11) is -3.37. The summed E-state index contributed by atoms with van der Waals surface area (Å²) in [5.41, 5.74) is 0.427. The molecule has 0 radical (unpaired) electrons. The van der Waals surface area contributed by atoms with E-state index in [9.17, 15) is 12.8 Å². The molecule has 0 bridgehead atoms. The van der Waals surface area contributed by atoms with Crippen molar-refractivity contribution in [2.24, 2.45) is 0 Å². The van der Waals surface area contributed by atoms with Crippen LogP contribution in [-0.4, -0.2) is 27.3 Å². The molecule has 0 saturated heterocycles. The maximum Gasteiger partial charge on any atom is 0.232 e. The molecule has 1 aromatic rings. The normalized spacial score (nSPS) is 11.6. The highest BCUT2D eigenvalue weighted by molar-refractivity contribution is 14.1. The van der Waals surface area contributed by atoms with Gasteiger partial charge in [0.25, 0.3) is 0 Å². The van der Waals surface area contributed by atoms with Crippen LogP contribution in [0.1, 0.15) is 26.2 Å². The number of halogens is 2. The van der Waals surface area contributed by atoms with Crippen LogP contribution >= 0.6 is 22.6 Å². The lowest BCUT2D eigenvalue weighted by molar-refractivity contribution is 0.590. The summed E-state index contributed by atoms with van der Waals surface area (Å²) >= 11 is 1.91. The van der Waals surface area contributed by atoms with Gasteiger partial charge in [-0.05, 0) is 73.1 Å². The summed E-state index contributed by atoms with van der Waals surface area (Å²) in [6.45, 7) is 3.88. The number of sulfonamides is 1. The topological polar surface area (TPSA) is 58.2 Å². The summed E-state index contributed by atoms with van der Waals surface area (Å²) in [5, 5.41) is 3.23. The maximum atomic E-state index is 12.9.